The molecule has 1 saturated heterocycles. The van der Waals surface area contributed by atoms with Gasteiger partial charge in [0.15, 0.2) is 0 Å². The Bertz CT molecular complexity index is 524. The number of benzene rings is 1. The van der Waals surface area contributed by atoms with Crippen LogP contribution in [0.3, 0.4) is 0 Å². The number of amides is 1. The quantitative estimate of drug-likeness (QED) is 0.894. The third-order valence-corrected chi connectivity index (χ3v) is 3.48. The van der Waals surface area contributed by atoms with E-state index in [9.17, 15) is 9.18 Å². The van der Waals surface area contributed by atoms with Gasteiger partial charge in [-0.25, -0.2) is 4.39 Å². The summed E-state index contributed by atoms with van der Waals surface area (Å²) in [6, 6.07) is 6.33. The molecule has 0 radical (unpaired) electrons. The van der Waals surface area contributed by atoms with E-state index in [0.717, 1.165) is 19.4 Å². The second-order valence-corrected chi connectivity index (χ2v) is 4.89. The van der Waals surface area contributed by atoms with Gasteiger partial charge in [0.25, 0.3) is 0 Å². The lowest BCUT2D eigenvalue weighted by Crippen LogP contribution is -2.40. The molecule has 0 bridgehead atoms. The number of hydrogen-bond acceptors (Lipinski definition) is 3. The molecule has 0 aliphatic carbocycles. The highest BCUT2D eigenvalue weighted by atomic mass is 19.1. The Morgan fingerprint density at radius 3 is 3.05 bits per heavy atom. The average molecular weight is 261 g/mol. The molecule has 1 unspecified atom stereocenters. The first-order chi connectivity index (χ1) is 9.10. The van der Waals surface area contributed by atoms with Crippen LogP contribution in [0.25, 0.3) is 0 Å². The number of carbonyl (C=O) groups excluding carboxylic acids is 1. The van der Waals surface area contributed by atoms with Crippen molar-refractivity contribution in [1.82, 2.24) is 4.90 Å². The SMILES string of the molecule is N#Cc1ccc(F)c(CN2CCCC(C(N)=O)C2)c1. The third kappa shape index (κ3) is 3.30. The normalized spacial score (nSPS) is 19.9. The van der Waals surface area contributed by atoms with Gasteiger partial charge in [-0.2, -0.15) is 5.26 Å². The van der Waals surface area contributed by atoms with Gasteiger partial charge in [0.1, 0.15) is 5.82 Å². The predicted octanol–water partition coefficient (Wildman–Crippen LogP) is 1.39. The third-order valence-electron chi connectivity index (χ3n) is 3.48. The first-order valence-corrected chi connectivity index (χ1v) is 6.30. The van der Waals surface area contributed by atoms with E-state index in [4.69, 9.17) is 11.0 Å². The molecule has 1 atom stereocenters. The maximum absolute atomic E-state index is 13.7. The Labute approximate surface area is 111 Å². The maximum atomic E-state index is 13.7. The molecule has 1 aromatic carbocycles. The van der Waals surface area contributed by atoms with E-state index in [1.165, 1.54) is 12.1 Å². The van der Waals surface area contributed by atoms with Crippen molar-refractivity contribution in [2.45, 2.75) is 19.4 Å². The fraction of sp³-hybridized carbons (Fsp3) is 0.429. The Morgan fingerprint density at radius 1 is 1.58 bits per heavy atom. The number of nitrogens with zero attached hydrogens (tertiary/aromatic N) is 2. The van der Waals surface area contributed by atoms with Crippen molar-refractivity contribution < 1.29 is 9.18 Å². The number of hydrogen-bond donors (Lipinski definition) is 1. The summed E-state index contributed by atoms with van der Waals surface area (Å²) in [5.41, 5.74) is 6.25. The summed E-state index contributed by atoms with van der Waals surface area (Å²) in [6.45, 7) is 1.79. The summed E-state index contributed by atoms with van der Waals surface area (Å²) in [4.78, 5) is 13.2. The molecule has 1 heterocycles. The molecule has 19 heavy (non-hydrogen) atoms. The zero-order valence-corrected chi connectivity index (χ0v) is 10.6. The fourth-order valence-corrected chi connectivity index (χ4v) is 2.44. The topological polar surface area (TPSA) is 70.1 Å². The van der Waals surface area contributed by atoms with E-state index in [1.807, 2.05) is 11.0 Å². The zero-order valence-electron chi connectivity index (χ0n) is 10.6. The lowest BCUT2D eigenvalue weighted by molar-refractivity contribution is -0.123. The molecule has 4 nitrogen and oxygen atoms in total. The van der Waals surface area contributed by atoms with Gasteiger partial charge >= 0.3 is 0 Å². The summed E-state index contributed by atoms with van der Waals surface area (Å²) in [7, 11) is 0. The van der Waals surface area contributed by atoms with Gasteiger partial charge in [0.2, 0.25) is 5.91 Å². The second-order valence-electron chi connectivity index (χ2n) is 4.89. The smallest absolute Gasteiger partial charge is 0.221 e. The molecule has 0 saturated carbocycles. The fourth-order valence-electron chi connectivity index (χ4n) is 2.44. The van der Waals surface area contributed by atoms with Crippen LogP contribution in [0.15, 0.2) is 18.2 Å². The Morgan fingerprint density at radius 2 is 2.37 bits per heavy atom. The Balaban J connectivity index is 2.08. The highest BCUT2D eigenvalue weighted by molar-refractivity contribution is 5.76. The summed E-state index contributed by atoms with van der Waals surface area (Å²) in [5, 5.41) is 8.83. The highest BCUT2D eigenvalue weighted by Crippen LogP contribution is 2.20. The monoisotopic (exact) mass is 261 g/mol. The molecule has 0 aromatic heterocycles. The lowest BCUT2D eigenvalue weighted by Gasteiger charge is -2.31. The number of rotatable bonds is 3. The van der Waals surface area contributed by atoms with Crippen LogP contribution in [0.4, 0.5) is 4.39 Å². The van der Waals surface area contributed by atoms with E-state index >= 15 is 0 Å². The molecule has 1 fully saturated rings. The van der Waals surface area contributed by atoms with Crippen molar-refractivity contribution in [2.75, 3.05) is 13.1 Å². The van der Waals surface area contributed by atoms with E-state index in [-0.39, 0.29) is 17.6 Å². The van der Waals surface area contributed by atoms with Crippen LogP contribution in [-0.2, 0) is 11.3 Å². The van der Waals surface area contributed by atoms with Gasteiger partial charge in [0.05, 0.1) is 17.6 Å². The molecular weight excluding hydrogens is 245 g/mol. The van der Waals surface area contributed by atoms with Crippen LogP contribution in [0.1, 0.15) is 24.0 Å². The standard InChI is InChI=1S/C14H16FN3O/c15-13-4-3-10(7-16)6-12(13)9-18-5-1-2-11(8-18)14(17)19/h3-4,6,11H,1-2,5,8-9H2,(H2,17,19). The summed E-state index contributed by atoms with van der Waals surface area (Å²) < 4.78 is 13.7. The number of halogens is 1. The molecule has 1 aliphatic heterocycles. The van der Waals surface area contributed by atoms with Crippen LogP contribution in [-0.4, -0.2) is 23.9 Å². The number of nitriles is 1. The number of carbonyl (C=O) groups is 1. The van der Waals surface area contributed by atoms with Gasteiger partial charge in [-0.3, -0.25) is 9.69 Å². The van der Waals surface area contributed by atoms with E-state index in [2.05, 4.69) is 0 Å². The summed E-state index contributed by atoms with van der Waals surface area (Å²) in [6.07, 6.45) is 1.68. The van der Waals surface area contributed by atoms with Gasteiger partial charge in [-0.05, 0) is 37.6 Å². The van der Waals surface area contributed by atoms with Crippen LogP contribution in [0.5, 0.6) is 0 Å². The van der Waals surface area contributed by atoms with Crippen molar-refractivity contribution in [1.29, 1.82) is 5.26 Å². The van der Waals surface area contributed by atoms with E-state index in [0.29, 0.717) is 24.2 Å². The minimum atomic E-state index is -0.319. The highest BCUT2D eigenvalue weighted by Gasteiger charge is 2.24. The predicted molar refractivity (Wildman–Crippen MR) is 68.3 cm³/mol. The van der Waals surface area contributed by atoms with Crippen molar-refractivity contribution in [3.63, 3.8) is 0 Å². The first-order valence-electron chi connectivity index (χ1n) is 6.30. The van der Waals surface area contributed by atoms with Crippen molar-refractivity contribution in [2.24, 2.45) is 11.7 Å². The molecule has 100 valence electrons. The molecule has 2 N–H and O–H groups in total. The van der Waals surface area contributed by atoms with Crippen molar-refractivity contribution >= 4 is 5.91 Å². The number of piperidine rings is 1. The van der Waals surface area contributed by atoms with Gasteiger partial charge in [-0.1, -0.05) is 0 Å². The number of primary amides is 1. The first kappa shape index (κ1) is 13.5. The van der Waals surface area contributed by atoms with E-state index < -0.39 is 0 Å². The molecule has 1 aromatic rings. The Kier molecular flexibility index (Phi) is 4.13. The molecule has 1 amide bonds. The molecular formula is C14H16FN3O. The van der Waals surface area contributed by atoms with Crippen LogP contribution < -0.4 is 5.73 Å². The average Bonchev–Trinajstić information content (AvgIpc) is 2.41. The van der Waals surface area contributed by atoms with Crippen molar-refractivity contribution in [3.05, 3.63) is 35.1 Å². The Hall–Kier alpha value is -1.93. The van der Waals surface area contributed by atoms with Gasteiger partial charge in [-0.15, -0.1) is 0 Å². The molecule has 5 heteroatoms. The summed E-state index contributed by atoms with van der Waals surface area (Å²) >= 11 is 0. The molecule has 0 spiro atoms. The minimum absolute atomic E-state index is 0.157. The maximum Gasteiger partial charge on any atom is 0.221 e. The summed E-state index contributed by atoms with van der Waals surface area (Å²) in [5.74, 6) is -0.771. The zero-order chi connectivity index (χ0) is 13.8. The lowest BCUT2D eigenvalue weighted by atomic mass is 9.97. The molecule has 2 rings (SSSR count). The number of likely N-dealkylation sites (tertiary alicyclic amines) is 1. The molecule has 1 aliphatic rings. The van der Waals surface area contributed by atoms with Crippen LogP contribution >= 0.6 is 0 Å². The second kappa shape index (κ2) is 5.81. The largest absolute Gasteiger partial charge is 0.369 e. The van der Waals surface area contributed by atoms with E-state index in [1.54, 1.807) is 6.07 Å². The number of nitrogens with two attached hydrogens (primary N) is 1. The van der Waals surface area contributed by atoms with Gasteiger partial charge in [0, 0.05) is 18.7 Å². The van der Waals surface area contributed by atoms with Crippen LogP contribution in [0, 0.1) is 23.1 Å². The van der Waals surface area contributed by atoms with Gasteiger partial charge < -0.3 is 5.73 Å². The van der Waals surface area contributed by atoms with Crippen LogP contribution in [0.2, 0.25) is 0 Å². The van der Waals surface area contributed by atoms with Crippen molar-refractivity contribution in [3.8, 4) is 6.07 Å². The minimum Gasteiger partial charge on any atom is -0.369 e.